The van der Waals surface area contributed by atoms with Crippen molar-refractivity contribution in [1.82, 2.24) is 10.2 Å². The molecule has 106 valence electrons. The van der Waals surface area contributed by atoms with Crippen molar-refractivity contribution in [2.45, 2.75) is 75.5 Å². The Bertz CT molecular complexity index is 231. The largest absolute Gasteiger partial charge is 0.312 e. The highest BCUT2D eigenvalue weighted by molar-refractivity contribution is 8.00. The number of nitrogens with zero attached hydrogens (tertiary/aromatic N) is 1. The molecule has 2 rings (SSSR count). The lowest BCUT2D eigenvalue weighted by molar-refractivity contribution is 0.194. The Kier molecular flexibility index (Phi) is 5.84. The number of hydrogen-bond donors (Lipinski definition) is 1. The monoisotopic (exact) mass is 270 g/mol. The summed E-state index contributed by atoms with van der Waals surface area (Å²) in [5, 5.41) is 5.39. The van der Waals surface area contributed by atoms with Crippen LogP contribution in [0.25, 0.3) is 0 Å². The van der Waals surface area contributed by atoms with E-state index in [0.29, 0.717) is 6.04 Å². The van der Waals surface area contributed by atoms with Crippen LogP contribution in [0.15, 0.2) is 0 Å². The van der Waals surface area contributed by atoms with E-state index in [1.165, 1.54) is 51.7 Å². The van der Waals surface area contributed by atoms with E-state index in [-0.39, 0.29) is 0 Å². The second kappa shape index (κ2) is 7.16. The van der Waals surface area contributed by atoms with E-state index in [4.69, 9.17) is 0 Å². The van der Waals surface area contributed by atoms with E-state index in [0.717, 1.165) is 16.5 Å². The lowest BCUT2D eigenvalue weighted by Crippen LogP contribution is -2.50. The molecule has 0 amide bonds. The van der Waals surface area contributed by atoms with Gasteiger partial charge in [0.1, 0.15) is 0 Å². The molecule has 0 bridgehead atoms. The predicted molar refractivity (Wildman–Crippen MR) is 82.4 cm³/mol. The highest BCUT2D eigenvalue weighted by Crippen LogP contribution is 2.26. The fraction of sp³-hybridized carbons (Fsp3) is 1.00. The summed E-state index contributed by atoms with van der Waals surface area (Å²) in [5.41, 5.74) is 0. The predicted octanol–water partition coefficient (Wildman–Crippen LogP) is 3.12. The normalized spacial score (nSPS) is 33.5. The quantitative estimate of drug-likeness (QED) is 0.845. The molecule has 3 heteroatoms. The number of rotatable bonds is 4. The Hall–Kier alpha value is 0.270. The van der Waals surface area contributed by atoms with E-state index in [1.807, 2.05) is 0 Å². The van der Waals surface area contributed by atoms with Gasteiger partial charge < -0.3 is 5.32 Å². The SMILES string of the molecule is CC1CN(C(C)CNC2CCCCC2)CC(C)S1. The fourth-order valence-corrected chi connectivity index (χ4v) is 4.70. The Morgan fingerprint density at radius 1 is 1.11 bits per heavy atom. The van der Waals surface area contributed by atoms with Gasteiger partial charge in [0.05, 0.1) is 0 Å². The molecule has 0 aromatic rings. The van der Waals surface area contributed by atoms with Crippen LogP contribution in [0.4, 0.5) is 0 Å². The Morgan fingerprint density at radius 3 is 2.33 bits per heavy atom. The maximum Gasteiger partial charge on any atom is 0.0193 e. The zero-order valence-electron chi connectivity index (χ0n) is 12.3. The molecule has 1 aliphatic carbocycles. The second-order valence-electron chi connectivity index (χ2n) is 6.30. The van der Waals surface area contributed by atoms with Crippen molar-refractivity contribution in [2.75, 3.05) is 19.6 Å². The van der Waals surface area contributed by atoms with Gasteiger partial charge in [-0.3, -0.25) is 4.90 Å². The second-order valence-corrected chi connectivity index (χ2v) is 8.19. The summed E-state index contributed by atoms with van der Waals surface area (Å²) < 4.78 is 0. The lowest BCUT2D eigenvalue weighted by Gasteiger charge is -2.39. The van der Waals surface area contributed by atoms with Crippen molar-refractivity contribution < 1.29 is 0 Å². The van der Waals surface area contributed by atoms with E-state index < -0.39 is 0 Å². The molecular formula is C15H30N2S. The van der Waals surface area contributed by atoms with E-state index in [2.05, 4.69) is 42.7 Å². The molecule has 1 saturated carbocycles. The minimum Gasteiger partial charge on any atom is -0.312 e. The van der Waals surface area contributed by atoms with Crippen molar-refractivity contribution in [2.24, 2.45) is 0 Å². The first-order valence-corrected chi connectivity index (χ1v) is 8.72. The van der Waals surface area contributed by atoms with Crippen LogP contribution in [0.5, 0.6) is 0 Å². The van der Waals surface area contributed by atoms with Crippen LogP contribution in [0, 0.1) is 0 Å². The number of thioether (sulfide) groups is 1. The highest BCUT2D eigenvalue weighted by atomic mass is 32.2. The van der Waals surface area contributed by atoms with Crippen molar-refractivity contribution in [3.8, 4) is 0 Å². The van der Waals surface area contributed by atoms with E-state index >= 15 is 0 Å². The summed E-state index contributed by atoms with van der Waals surface area (Å²) in [6.07, 6.45) is 7.11. The van der Waals surface area contributed by atoms with Crippen molar-refractivity contribution in [1.29, 1.82) is 0 Å². The van der Waals surface area contributed by atoms with Crippen molar-refractivity contribution in [3.05, 3.63) is 0 Å². The van der Waals surface area contributed by atoms with Gasteiger partial charge in [0.25, 0.3) is 0 Å². The molecule has 3 unspecified atom stereocenters. The molecule has 3 atom stereocenters. The molecule has 18 heavy (non-hydrogen) atoms. The average Bonchev–Trinajstić information content (AvgIpc) is 2.36. The molecule has 2 aliphatic rings. The fourth-order valence-electron chi connectivity index (χ4n) is 3.35. The number of nitrogens with one attached hydrogen (secondary N) is 1. The van der Waals surface area contributed by atoms with Crippen LogP contribution in [-0.2, 0) is 0 Å². The minimum atomic E-state index is 0.692. The molecule has 0 aromatic heterocycles. The summed E-state index contributed by atoms with van der Waals surface area (Å²) >= 11 is 2.15. The van der Waals surface area contributed by atoms with Crippen LogP contribution in [0.2, 0.25) is 0 Å². The summed E-state index contributed by atoms with van der Waals surface area (Å²) in [5.74, 6) is 0. The average molecular weight is 270 g/mol. The molecule has 0 aromatic carbocycles. The van der Waals surface area contributed by atoms with Crippen molar-refractivity contribution in [3.63, 3.8) is 0 Å². The van der Waals surface area contributed by atoms with Gasteiger partial charge in [-0.05, 0) is 19.8 Å². The zero-order valence-corrected chi connectivity index (χ0v) is 13.1. The topological polar surface area (TPSA) is 15.3 Å². The molecule has 1 heterocycles. The third-order valence-electron chi connectivity index (χ3n) is 4.38. The van der Waals surface area contributed by atoms with Crippen LogP contribution in [0.3, 0.4) is 0 Å². The highest BCUT2D eigenvalue weighted by Gasteiger charge is 2.26. The smallest absolute Gasteiger partial charge is 0.0193 e. The Morgan fingerprint density at radius 2 is 1.72 bits per heavy atom. The van der Waals surface area contributed by atoms with E-state index in [9.17, 15) is 0 Å². The van der Waals surface area contributed by atoms with Crippen molar-refractivity contribution >= 4 is 11.8 Å². The van der Waals surface area contributed by atoms with Gasteiger partial charge in [-0.1, -0.05) is 33.1 Å². The zero-order chi connectivity index (χ0) is 13.0. The van der Waals surface area contributed by atoms with Gasteiger partial charge in [0.2, 0.25) is 0 Å². The summed E-state index contributed by atoms with van der Waals surface area (Å²) in [6.45, 7) is 10.8. The standard InChI is InChI=1S/C15H30N2S/c1-12(9-16-15-7-5-4-6-8-15)17-10-13(2)18-14(3)11-17/h12-16H,4-11H2,1-3H3. The number of hydrogen-bond acceptors (Lipinski definition) is 3. The van der Waals surface area contributed by atoms with Crippen LogP contribution >= 0.6 is 11.8 Å². The summed E-state index contributed by atoms with van der Waals surface area (Å²) in [6, 6.07) is 1.49. The first-order chi connectivity index (χ1) is 8.65. The van der Waals surface area contributed by atoms with Gasteiger partial charge in [0.15, 0.2) is 0 Å². The van der Waals surface area contributed by atoms with Crippen LogP contribution < -0.4 is 5.32 Å². The molecular weight excluding hydrogens is 240 g/mol. The van der Waals surface area contributed by atoms with Crippen LogP contribution in [0.1, 0.15) is 52.9 Å². The lowest BCUT2D eigenvalue weighted by atomic mass is 9.95. The Labute approximate surface area is 117 Å². The van der Waals surface area contributed by atoms with Crippen LogP contribution in [-0.4, -0.2) is 47.1 Å². The molecule has 1 saturated heterocycles. The first-order valence-electron chi connectivity index (χ1n) is 7.78. The molecule has 1 aliphatic heterocycles. The maximum absolute atomic E-state index is 3.80. The Balaban J connectivity index is 1.71. The molecule has 0 radical (unpaired) electrons. The minimum absolute atomic E-state index is 0.692. The van der Waals surface area contributed by atoms with Gasteiger partial charge in [-0.25, -0.2) is 0 Å². The molecule has 2 nitrogen and oxygen atoms in total. The molecule has 2 fully saturated rings. The molecule has 1 N–H and O–H groups in total. The van der Waals surface area contributed by atoms with Gasteiger partial charge in [-0.15, -0.1) is 0 Å². The molecule has 0 spiro atoms. The van der Waals surface area contributed by atoms with Gasteiger partial charge >= 0.3 is 0 Å². The third-order valence-corrected chi connectivity index (χ3v) is 5.61. The van der Waals surface area contributed by atoms with Gasteiger partial charge in [0, 0.05) is 42.2 Å². The van der Waals surface area contributed by atoms with E-state index in [1.54, 1.807) is 0 Å². The summed E-state index contributed by atoms with van der Waals surface area (Å²) in [7, 11) is 0. The summed E-state index contributed by atoms with van der Waals surface area (Å²) in [4.78, 5) is 2.68. The van der Waals surface area contributed by atoms with Gasteiger partial charge in [-0.2, -0.15) is 11.8 Å². The first kappa shape index (κ1) is 14.7. The third kappa shape index (κ3) is 4.43. The maximum atomic E-state index is 3.80.